The van der Waals surface area contributed by atoms with E-state index in [4.69, 9.17) is 11.6 Å². The van der Waals surface area contributed by atoms with Crippen LogP contribution in [0, 0.1) is 13.8 Å². The number of nitrogens with one attached hydrogen (secondary N) is 2. The molecule has 0 saturated carbocycles. The minimum absolute atomic E-state index is 0.00797. The van der Waals surface area contributed by atoms with Gasteiger partial charge in [0.1, 0.15) is 6.04 Å². The summed E-state index contributed by atoms with van der Waals surface area (Å²) in [5, 5.41) is 3.13. The lowest BCUT2D eigenvalue weighted by Gasteiger charge is -2.28. The van der Waals surface area contributed by atoms with Gasteiger partial charge in [0.25, 0.3) is 10.0 Å². The first kappa shape index (κ1) is 26.5. The van der Waals surface area contributed by atoms with E-state index >= 15 is 0 Å². The molecule has 8 nitrogen and oxygen atoms in total. The molecule has 3 rings (SSSR count). The van der Waals surface area contributed by atoms with Crippen LogP contribution in [0.4, 0.5) is 17.1 Å². The predicted octanol–water partition coefficient (Wildman–Crippen LogP) is 4.55. The van der Waals surface area contributed by atoms with Crippen LogP contribution in [-0.4, -0.2) is 35.0 Å². The van der Waals surface area contributed by atoms with E-state index in [-0.39, 0.29) is 4.90 Å². The average Bonchev–Trinajstić information content (AvgIpc) is 2.77. The monoisotopic (exact) mass is 535 g/mol. The van der Waals surface area contributed by atoms with Gasteiger partial charge in [-0.15, -0.1) is 0 Å². The Morgan fingerprint density at radius 2 is 1.43 bits per heavy atom. The Bertz CT molecular complexity index is 1440. The van der Waals surface area contributed by atoms with Gasteiger partial charge in [0.05, 0.1) is 16.8 Å². The van der Waals surface area contributed by atoms with Crippen LogP contribution in [0.5, 0.6) is 0 Å². The van der Waals surface area contributed by atoms with Crippen LogP contribution in [0.2, 0.25) is 5.02 Å². The van der Waals surface area contributed by atoms with E-state index in [1.807, 2.05) is 13.8 Å². The van der Waals surface area contributed by atoms with Gasteiger partial charge in [-0.2, -0.15) is 0 Å². The second kappa shape index (κ2) is 10.3. The summed E-state index contributed by atoms with van der Waals surface area (Å²) in [4.78, 5) is 12.9. The summed E-state index contributed by atoms with van der Waals surface area (Å²) in [6.45, 7) is 5.26. The smallest absolute Gasteiger partial charge is 0.261 e. The molecule has 1 atom stereocenters. The zero-order valence-electron chi connectivity index (χ0n) is 19.6. The molecule has 0 bridgehead atoms. The van der Waals surface area contributed by atoms with Crippen LogP contribution in [0.1, 0.15) is 18.1 Å². The van der Waals surface area contributed by atoms with Crippen molar-refractivity contribution in [1.82, 2.24) is 0 Å². The number of benzene rings is 3. The van der Waals surface area contributed by atoms with Crippen LogP contribution in [0.15, 0.2) is 71.6 Å². The largest absolute Gasteiger partial charge is 0.324 e. The first-order chi connectivity index (χ1) is 16.3. The van der Waals surface area contributed by atoms with Gasteiger partial charge in [0.2, 0.25) is 15.9 Å². The van der Waals surface area contributed by atoms with Crippen molar-refractivity contribution in [2.45, 2.75) is 31.7 Å². The van der Waals surface area contributed by atoms with Crippen molar-refractivity contribution in [1.29, 1.82) is 0 Å². The molecule has 3 aromatic carbocycles. The third kappa shape index (κ3) is 6.53. The topological polar surface area (TPSA) is 113 Å². The number of sulfonamides is 2. The van der Waals surface area contributed by atoms with Gasteiger partial charge in [-0.3, -0.25) is 13.8 Å². The molecule has 0 spiro atoms. The van der Waals surface area contributed by atoms with Crippen molar-refractivity contribution >= 4 is 54.6 Å². The van der Waals surface area contributed by atoms with Gasteiger partial charge in [-0.1, -0.05) is 17.7 Å². The predicted molar refractivity (Wildman–Crippen MR) is 140 cm³/mol. The highest BCUT2D eigenvalue weighted by Crippen LogP contribution is 2.25. The molecule has 0 aromatic heterocycles. The summed E-state index contributed by atoms with van der Waals surface area (Å²) < 4.78 is 53.8. The molecule has 2 N–H and O–H groups in total. The summed E-state index contributed by atoms with van der Waals surface area (Å²) >= 11 is 5.83. The Labute approximate surface area is 211 Å². The number of hydrogen-bond acceptors (Lipinski definition) is 5. The minimum Gasteiger partial charge on any atom is -0.324 e. The maximum absolute atomic E-state index is 12.9. The van der Waals surface area contributed by atoms with Crippen LogP contribution in [-0.2, 0) is 24.8 Å². The van der Waals surface area contributed by atoms with Gasteiger partial charge < -0.3 is 5.32 Å². The van der Waals surface area contributed by atoms with E-state index in [0.717, 1.165) is 21.7 Å². The van der Waals surface area contributed by atoms with Crippen LogP contribution >= 0.6 is 11.6 Å². The Morgan fingerprint density at radius 3 is 1.97 bits per heavy atom. The molecule has 0 aliphatic carbocycles. The van der Waals surface area contributed by atoms with Crippen molar-refractivity contribution in [3.05, 3.63) is 82.9 Å². The summed E-state index contributed by atoms with van der Waals surface area (Å²) in [5.74, 6) is -0.566. The number of carbonyl (C=O) groups is 1. The molecule has 186 valence electrons. The summed E-state index contributed by atoms with van der Waals surface area (Å²) in [7, 11) is -7.62. The number of nitrogens with zero attached hydrogens (tertiary/aromatic N) is 1. The van der Waals surface area contributed by atoms with Crippen molar-refractivity contribution < 1.29 is 21.6 Å². The van der Waals surface area contributed by atoms with Gasteiger partial charge in [0.15, 0.2) is 0 Å². The Kier molecular flexibility index (Phi) is 7.78. The van der Waals surface area contributed by atoms with Crippen LogP contribution in [0.25, 0.3) is 0 Å². The van der Waals surface area contributed by atoms with Gasteiger partial charge >= 0.3 is 0 Å². The first-order valence-corrected chi connectivity index (χ1v) is 14.2. The second-order valence-electron chi connectivity index (χ2n) is 8.13. The molecule has 0 aliphatic heterocycles. The molecule has 11 heteroatoms. The Hall–Kier alpha value is -3.08. The van der Waals surface area contributed by atoms with Crippen molar-refractivity contribution in [2.24, 2.45) is 0 Å². The normalized spacial score (nSPS) is 12.6. The lowest BCUT2D eigenvalue weighted by Crippen LogP contribution is -2.45. The molecule has 0 unspecified atom stereocenters. The van der Waals surface area contributed by atoms with Crippen LogP contribution < -0.4 is 14.3 Å². The fourth-order valence-corrected chi connectivity index (χ4v) is 5.72. The highest BCUT2D eigenvalue weighted by atomic mass is 35.5. The minimum atomic E-state index is -3.86. The maximum Gasteiger partial charge on any atom is 0.261 e. The number of anilines is 3. The maximum atomic E-state index is 12.9. The van der Waals surface area contributed by atoms with Gasteiger partial charge in [0, 0.05) is 16.4 Å². The average molecular weight is 536 g/mol. The van der Waals surface area contributed by atoms with Crippen molar-refractivity contribution in [3.63, 3.8) is 0 Å². The number of halogens is 1. The van der Waals surface area contributed by atoms with E-state index in [1.54, 1.807) is 42.5 Å². The summed E-state index contributed by atoms with van der Waals surface area (Å²) in [5.41, 5.74) is 2.95. The number of amides is 1. The molecule has 35 heavy (non-hydrogen) atoms. The fourth-order valence-electron chi connectivity index (χ4n) is 3.37. The Morgan fingerprint density at radius 1 is 0.857 bits per heavy atom. The summed E-state index contributed by atoms with van der Waals surface area (Å²) in [6, 6.07) is 15.9. The van der Waals surface area contributed by atoms with Crippen LogP contribution in [0.3, 0.4) is 0 Å². The third-order valence-corrected chi connectivity index (χ3v) is 8.25. The first-order valence-electron chi connectivity index (χ1n) is 10.5. The lowest BCUT2D eigenvalue weighted by molar-refractivity contribution is -0.116. The quantitative estimate of drug-likeness (QED) is 0.439. The standard InChI is InChI=1S/C24H26ClN3O5S2/c1-16-5-12-22(15-17(16)2)28(34(4,30)31)18(3)24(29)26-20-10-13-23(14-11-20)35(32,33)27-21-8-6-19(25)7-9-21/h5-15,18,27H,1-4H3,(H,26,29)/t18-/m0/s1. The summed E-state index contributed by atoms with van der Waals surface area (Å²) in [6.07, 6.45) is 1.04. The molecular formula is C24H26ClN3O5S2. The molecular weight excluding hydrogens is 510 g/mol. The molecule has 0 heterocycles. The molecule has 3 aromatic rings. The molecule has 0 saturated heterocycles. The highest BCUT2D eigenvalue weighted by Gasteiger charge is 2.29. The molecule has 0 fully saturated rings. The number of carbonyl (C=O) groups excluding carboxylic acids is 1. The van der Waals surface area contributed by atoms with E-state index in [2.05, 4.69) is 10.0 Å². The van der Waals surface area contributed by atoms with E-state index in [1.165, 1.54) is 31.2 Å². The van der Waals surface area contributed by atoms with E-state index in [0.29, 0.717) is 22.1 Å². The Balaban J connectivity index is 1.77. The van der Waals surface area contributed by atoms with Crippen molar-refractivity contribution in [2.75, 3.05) is 20.6 Å². The molecule has 0 aliphatic rings. The zero-order valence-corrected chi connectivity index (χ0v) is 22.0. The third-order valence-electron chi connectivity index (χ3n) is 5.36. The zero-order chi connectivity index (χ0) is 26.0. The molecule has 0 radical (unpaired) electrons. The van der Waals surface area contributed by atoms with E-state index in [9.17, 15) is 21.6 Å². The lowest BCUT2D eigenvalue weighted by atomic mass is 10.1. The van der Waals surface area contributed by atoms with Gasteiger partial charge in [-0.05, 0) is 92.6 Å². The van der Waals surface area contributed by atoms with E-state index < -0.39 is 32.0 Å². The number of rotatable bonds is 8. The highest BCUT2D eigenvalue weighted by molar-refractivity contribution is 7.92. The number of aryl methyl sites for hydroxylation is 2. The number of hydrogen-bond donors (Lipinski definition) is 2. The van der Waals surface area contributed by atoms with Gasteiger partial charge in [-0.25, -0.2) is 16.8 Å². The fraction of sp³-hybridized carbons (Fsp3) is 0.208. The second-order valence-corrected chi connectivity index (χ2v) is 12.1. The SMILES string of the molecule is Cc1ccc(N([C@@H](C)C(=O)Nc2ccc(S(=O)(=O)Nc3ccc(Cl)cc3)cc2)S(C)(=O)=O)cc1C. The van der Waals surface area contributed by atoms with Crippen molar-refractivity contribution in [3.8, 4) is 0 Å². The molecule has 1 amide bonds.